The molecule has 0 bridgehead atoms. The van der Waals surface area contributed by atoms with Crippen LogP contribution in [0.1, 0.15) is 24.5 Å². The number of amidine groups is 1. The number of amides is 1. The lowest BCUT2D eigenvalue weighted by Crippen LogP contribution is -2.54. The van der Waals surface area contributed by atoms with E-state index < -0.39 is 0 Å². The summed E-state index contributed by atoms with van der Waals surface area (Å²) in [5, 5.41) is 6.49. The monoisotopic (exact) mass is 312 g/mol. The Morgan fingerprint density at radius 1 is 1.39 bits per heavy atom. The predicted octanol–water partition coefficient (Wildman–Crippen LogP) is 1.55. The summed E-state index contributed by atoms with van der Waals surface area (Å²) in [5.74, 6) is 0.460. The number of rotatable bonds is 2. The molecule has 1 fully saturated rings. The third-order valence-electron chi connectivity index (χ3n) is 4.28. The second-order valence-electron chi connectivity index (χ2n) is 6.27. The molecular formula is C18H24N4O. The fourth-order valence-electron chi connectivity index (χ4n) is 3.03. The van der Waals surface area contributed by atoms with Crippen molar-refractivity contribution >= 4 is 17.3 Å². The van der Waals surface area contributed by atoms with E-state index in [2.05, 4.69) is 53.7 Å². The summed E-state index contributed by atoms with van der Waals surface area (Å²) in [6.07, 6.45) is 2.77. The Balaban J connectivity index is 1.71. The summed E-state index contributed by atoms with van der Waals surface area (Å²) in [7, 11) is 0. The van der Waals surface area contributed by atoms with E-state index in [1.54, 1.807) is 0 Å². The molecule has 0 aliphatic carbocycles. The molecule has 1 amide bonds. The first-order valence-corrected chi connectivity index (χ1v) is 8.23. The van der Waals surface area contributed by atoms with Gasteiger partial charge < -0.3 is 15.5 Å². The van der Waals surface area contributed by atoms with E-state index >= 15 is 0 Å². The third kappa shape index (κ3) is 3.79. The number of nitrogens with zero attached hydrogens (tertiary/aromatic N) is 2. The lowest BCUT2D eigenvalue weighted by atomic mass is 10.0. The van der Waals surface area contributed by atoms with Gasteiger partial charge in [-0.25, -0.2) is 0 Å². The van der Waals surface area contributed by atoms with E-state index in [0.717, 1.165) is 26.1 Å². The second-order valence-corrected chi connectivity index (χ2v) is 6.27. The Bertz CT molecular complexity index is 650. The number of carbonyl (C=O) groups is 1. The standard InChI is InChI=1S/C18H24N4O/c1-13-4-3-5-15(10-13)16-6-7-20-17(21-11-16)18(23)22-9-8-19-14(2)12-22/h3-5,10-11,14,19H,6-9,12H2,1-2H3,(H,20,21). The van der Waals surface area contributed by atoms with Gasteiger partial charge in [-0.05, 0) is 31.4 Å². The van der Waals surface area contributed by atoms with Crippen LogP contribution in [0.5, 0.6) is 0 Å². The Morgan fingerprint density at radius 3 is 3.04 bits per heavy atom. The van der Waals surface area contributed by atoms with Gasteiger partial charge in [0.1, 0.15) is 0 Å². The van der Waals surface area contributed by atoms with Crippen LogP contribution in [0.3, 0.4) is 0 Å². The Labute approximate surface area is 137 Å². The summed E-state index contributed by atoms with van der Waals surface area (Å²) < 4.78 is 0. The van der Waals surface area contributed by atoms with Crippen LogP contribution in [0.2, 0.25) is 0 Å². The minimum atomic E-state index is 0.0000854. The molecule has 5 nitrogen and oxygen atoms in total. The molecule has 0 spiro atoms. The zero-order valence-corrected chi connectivity index (χ0v) is 13.8. The number of hydrogen-bond acceptors (Lipinski definition) is 4. The van der Waals surface area contributed by atoms with Gasteiger partial charge in [0.2, 0.25) is 0 Å². The maximum atomic E-state index is 12.6. The largest absolute Gasteiger partial charge is 0.342 e. The maximum absolute atomic E-state index is 12.6. The molecular weight excluding hydrogens is 288 g/mol. The zero-order chi connectivity index (χ0) is 16.2. The molecule has 2 aliphatic rings. The van der Waals surface area contributed by atoms with Gasteiger partial charge in [-0.2, -0.15) is 0 Å². The minimum Gasteiger partial charge on any atom is -0.342 e. The van der Waals surface area contributed by atoms with E-state index in [-0.39, 0.29) is 5.91 Å². The van der Waals surface area contributed by atoms with Crippen LogP contribution in [-0.4, -0.2) is 48.9 Å². The van der Waals surface area contributed by atoms with Crippen LogP contribution in [-0.2, 0) is 4.79 Å². The van der Waals surface area contributed by atoms with Gasteiger partial charge in [0.25, 0.3) is 5.91 Å². The molecule has 5 heteroatoms. The number of benzene rings is 1. The second kappa shape index (κ2) is 6.96. The van der Waals surface area contributed by atoms with Gasteiger partial charge in [0.05, 0.1) is 0 Å². The van der Waals surface area contributed by atoms with Crippen molar-refractivity contribution in [2.75, 3.05) is 26.2 Å². The van der Waals surface area contributed by atoms with E-state index in [1.807, 2.05) is 11.1 Å². The van der Waals surface area contributed by atoms with Crippen molar-refractivity contribution in [3.05, 3.63) is 41.6 Å². The van der Waals surface area contributed by atoms with E-state index in [4.69, 9.17) is 0 Å². The first-order valence-electron chi connectivity index (χ1n) is 8.23. The third-order valence-corrected chi connectivity index (χ3v) is 4.28. The molecule has 1 aromatic carbocycles. The number of aliphatic imine (C=N–C) groups is 1. The average molecular weight is 312 g/mol. The van der Waals surface area contributed by atoms with Crippen molar-refractivity contribution < 1.29 is 4.79 Å². The zero-order valence-electron chi connectivity index (χ0n) is 13.8. The normalized spacial score (nSPS) is 21.8. The van der Waals surface area contributed by atoms with Crippen LogP contribution < -0.4 is 10.6 Å². The molecule has 3 rings (SSSR count). The molecule has 23 heavy (non-hydrogen) atoms. The highest BCUT2D eigenvalue weighted by Crippen LogP contribution is 2.20. The molecule has 1 saturated heterocycles. The molecule has 1 aromatic rings. The van der Waals surface area contributed by atoms with Crippen molar-refractivity contribution in [2.24, 2.45) is 4.99 Å². The first kappa shape index (κ1) is 15.7. The number of piperazine rings is 1. The number of aryl methyl sites for hydroxylation is 1. The highest BCUT2D eigenvalue weighted by atomic mass is 16.2. The topological polar surface area (TPSA) is 56.7 Å². The van der Waals surface area contributed by atoms with Gasteiger partial charge in [0.15, 0.2) is 5.84 Å². The van der Waals surface area contributed by atoms with Crippen LogP contribution >= 0.6 is 0 Å². The van der Waals surface area contributed by atoms with Crippen LogP contribution in [0.25, 0.3) is 5.57 Å². The SMILES string of the molecule is Cc1cccc(C2=CNC(C(=O)N3CCNC(C)C3)=NCC2)c1. The summed E-state index contributed by atoms with van der Waals surface area (Å²) in [4.78, 5) is 19.0. The van der Waals surface area contributed by atoms with Crippen molar-refractivity contribution in [3.8, 4) is 0 Å². The summed E-state index contributed by atoms with van der Waals surface area (Å²) >= 11 is 0. The molecule has 0 radical (unpaired) electrons. The Kier molecular flexibility index (Phi) is 4.76. The van der Waals surface area contributed by atoms with Gasteiger partial charge in [-0.15, -0.1) is 0 Å². The molecule has 0 saturated carbocycles. The van der Waals surface area contributed by atoms with Crippen molar-refractivity contribution in [1.29, 1.82) is 0 Å². The van der Waals surface area contributed by atoms with Crippen LogP contribution in [0.4, 0.5) is 0 Å². The highest BCUT2D eigenvalue weighted by Gasteiger charge is 2.24. The fourth-order valence-corrected chi connectivity index (χ4v) is 3.03. The van der Waals surface area contributed by atoms with Crippen molar-refractivity contribution in [2.45, 2.75) is 26.3 Å². The van der Waals surface area contributed by atoms with E-state index in [1.165, 1.54) is 16.7 Å². The van der Waals surface area contributed by atoms with E-state index in [0.29, 0.717) is 18.4 Å². The summed E-state index contributed by atoms with van der Waals surface area (Å²) in [6.45, 7) is 7.12. The molecule has 0 aromatic heterocycles. The summed E-state index contributed by atoms with van der Waals surface area (Å²) in [6, 6.07) is 8.75. The predicted molar refractivity (Wildman–Crippen MR) is 93.3 cm³/mol. The average Bonchev–Trinajstić information content (AvgIpc) is 2.80. The quantitative estimate of drug-likeness (QED) is 0.871. The maximum Gasteiger partial charge on any atom is 0.289 e. The van der Waals surface area contributed by atoms with Crippen LogP contribution in [0, 0.1) is 6.92 Å². The minimum absolute atomic E-state index is 0.0000854. The lowest BCUT2D eigenvalue weighted by molar-refractivity contribution is -0.125. The molecule has 2 aliphatic heterocycles. The van der Waals surface area contributed by atoms with Gasteiger partial charge >= 0.3 is 0 Å². The van der Waals surface area contributed by atoms with Gasteiger partial charge in [-0.1, -0.05) is 29.8 Å². The Morgan fingerprint density at radius 2 is 2.26 bits per heavy atom. The highest BCUT2D eigenvalue weighted by molar-refractivity contribution is 6.38. The van der Waals surface area contributed by atoms with E-state index in [9.17, 15) is 4.79 Å². The fraction of sp³-hybridized carbons (Fsp3) is 0.444. The van der Waals surface area contributed by atoms with Crippen molar-refractivity contribution in [3.63, 3.8) is 0 Å². The molecule has 1 atom stereocenters. The first-order chi connectivity index (χ1) is 11.1. The number of hydrogen-bond donors (Lipinski definition) is 2. The lowest BCUT2D eigenvalue weighted by Gasteiger charge is -2.31. The summed E-state index contributed by atoms with van der Waals surface area (Å²) in [5.41, 5.74) is 3.62. The van der Waals surface area contributed by atoms with Gasteiger partial charge in [0, 0.05) is 38.4 Å². The Hall–Kier alpha value is -2.14. The smallest absolute Gasteiger partial charge is 0.289 e. The van der Waals surface area contributed by atoms with Crippen LogP contribution in [0.15, 0.2) is 35.5 Å². The molecule has 122 valence electrons. The van der Waals surface area contributed by atoms with Gasteiger partial charge in [-0.3, -0.25) is 9.79 Å². The molecule has 1 unspecified atom stereocenters. The molecule has 2 heterocycles. The number of carbonyl (C=O) groups excluding carboxylic acids is 1. The molecule has 2 N–H and O–H groups in total. The number of nitrogens with one attached hydrogen (secondary N) is 2. The van der Waals surface area contributed by atoms with Crippen molar-refractivity contribution in [1.82, 2.24) is 15.5 Å².